The number of anilines is 2. The molecule has 3 nitrogen and oxygen atoms in total. The van der Waals surface area contributed by atoms with Crippen LogP contribution in [0.5, 0.6) is 0 Å². The van der Waals surface area contributed by atoms with Gasteiger partial charge in [0.15, 0.2) is 0 Å². The average Bonchev–Trinajstić information content (AvgIpc) is 2.13. The van der Waals surface area contributed by atoms with Crippen LogP contribution in [-0.2, 0) is 0 Å². The topological polar surface area (TPSA) is 32.3 Å². The zero-order chi connectivity index (χ0) is 12.5. The molecule has 0 saturated carbocycles. The second-order valence-electron chi connectivity index (χ2n) is 5.51. The van der Waals surface area contributed by atoms with Crippen LogP contribution in [0.15, 0.2) is 4.79 Å². The van der Waals surface area contributed by atoms with Gasteiger partial charge < -0.3 is 10.2 Å². The van der Waals surface area contributed by atoms with Gasteiger partial charge in [-0.1, -0.05) is 33.0 Å². The Balaban J connectivity index is 2.66. The minimum atomic E-state index is -0.0155. The van der Waals surface area contributed by atoms with Crippen molar-refractivity contribution in [1.29, 1.82) is 0 Å². The third-order valence-corrected chi connectivity index (χ3v) is 2.90. The Kier molecular flexibility index (Phi) is 3.73. The van der Waals surface area contributed by atoms with Gasteiger partial charge in [-0.25, -0.2) is 0 Å². The molecule has 0 radical (unpaired) electrons. The maximum Gasteiger partial charge on any atom is 0.224 e. The van der Waals surface area contributed by atoms with E-state index in [0.29, 0.717) is 15.6 Å². The molecular weight excluding hydrogens is 220 g/mol. The molecule has 0 bridgehead atoms. The van der Waals surface area contributed by atoms with E-state index in [2.05, 4.69) is 26.1 Å². The zero-order valence-corrected chi connectivity index (χ0v) is 11.5. The molecule has 0 amide bonds. The third kappa shape index (κ3) is 2.82. The molecule has 0 spiro atoms. The highest BCUT2D eigenvalue weighted by molar-refractivity contribution is 7.71. The summed E-state index contributed by atoms with van der Waals surface area (Å²) < 4.78 is 0.442. The zero-order valence-electron chi connectivity index (χ0n) is 10.7. The van der Waals surface area contributed by atoms with Gasteiger partial charge in [0.1, 0.15) is 10.2 Å². The Hall–Kier alpha value is -0.900. The predicted molar refractivity (Wildman–Crippen MR) is 72.8 cm³/mol. The Bertz CT molecular complexity index is 436. The molecule has 90 valence electrons. The number of rotatable bonds is 4. The van der Waals surface area contributed by atoms with Crippen LogP contribution in [-0.4, -0.2) is 20.6 Å². The monoisotopic (exact) mass is 240 g/mol. The average molecular weight is 240 g/mol. The van der Waals surface area contributed by atoms with E-state index in [9.17, 15) is 4.79 Å². The predicted octanol–water partition coefficient (Wildman–Crippen LogP) is 2.57. The van der Waals surface area contributed by atoms with Gasteiger partial charge >= 0.3 is 0 Å². The molecule has 1 rings (SSSR count). The van der Waals surface area contributed by atoms with Gasteiger partial charge in [-0.2, -0.15) is 0 Å². The molecule has 1 N–H and O–H groups in total. The van der Waals surface area contributed by atoms with Gasteiger partial charge in [-0.05, 0) is 11.8 Å². The standard InChI is InChI=1S/C12H20N2OS/c1-12(2,3)6-7-13-8-9(14(4)5)10(15)11(8)16/h13H,6-7H2,1-5H3. The van der Waals surface area contributed by atoms with Crippen LogP contribution in [0.25, 0.3) is 0 Å². The van der Waals surface area contributed by atoms with Crippen molar-refractivity contribution >= 4 is 23.6 Å². The van der Waals surface area contributed by atoms with Crippen molar-refractivity contribution in [2.24, 2.45) is 5.41 Å². The molecule has 16 heavy (non-hydrogen) atoms. The van der Waals surface area contributed by atoms with Crippen LogP contribution in [0, 0.1) is 9.93 Å². The highest BCUT2D eigenvalue weighted by atomic mass is 32.1. The van der Waals surface area contributed by atoms with Crippen molar-refractivity contribution in [2.45, 2.75) is 27.2 Å². The van der Waals surface area contributed by atoms with Crippen LogP contribution in [0.3, 0.4) is 0 Å². The number of hydrogen-bond acceptors (Lipinski definition) is 4. The van der Waals surface area contributed by atoms with Crippen molar-refractivity contribution in [3.05, 3.63) is 14.7 Å². The fourth-order valence-corrected chi connectivity index (χ4v) is 1.80. The number of nitrogens with one attached hydrogen (secondary N) is 1. The van der Waals surface area contributed by atoms with Crippen LogP contribution < -0.4 is 15.6 Å². The summed E-state index contributed by atoms with van der Waals surface area (Å²) in [6, 6.07) is 0. The fraction of sp³-hybridized carbons (Fsp3) is 0.667. The number of hydrogen-bond donors (Lipinski definition) is 1. The smallest absolute Gasteiger partial charge is 0.224 e. The first-order valence-electron chi connectivity index (χ1n) is 5.48. The summed E-state index contributed by atoms with van der Waals surface area (Å²) in [6.07, 6.45) is 1.05. The molecule has 0 atom stereocenters. The van der Waals surface area contributed by atoms with Gasteiger partial charge in [0.2, 0.25) is 5.43 Å². The lowest BCUT2D eigenvalue weighted by Gasteiger charge is -2.23. The highest BCUT2D eigenvalue weighted by Gasteiger charge is 2.19. The second kappa shape index (κ2) is 4.53. The first kappa shape index (κ1) is 13.2. The minimum absolute atomic E-state index is 0.0155. The SMILES string of the molecule is CN(C)c1c(NCCC(C)(C)C)c(=S)c1=O. The highest BCUT2D eigenvalue weighted by Crippen LogP contribution is 2.26. The Morgan fingerprint density at radius 3 is 2.31 bits per heavy atom. The molecule has 1 aromatic carbocycles. The molecule has 0 aliphatic heterocycles. The lowest BCUT2D eigenvalue weighted by Crippen LogP contribution is -2.27. The first-order valence-corrected chi connectivity index (χ1v) is 5.89. The summed E-state index contributed by atoms with van der Waals surface area (Å²) in [5, 5.41) is 3.26. The third-order valence-electron chi connectivity index (χ3n) is 2.51. The van der Waals surface area contributed by atoms with Gasteiger partial charge in [0.05, 0.1) is 5.69 Å². The van der Waals surface area contributed by atoms with Crippen LogP contribution >= 0.6 is 12.2 Å². The molecule has 0 aliphatic rings. The first-order chi connectivity index (χ1) is 7.24. The van der Waals surface area contributed by atoms with Crippen molar-refractivity contribution < 1.29 is 0 Å². The quantitative estimate of drug-likeness (QED) is 0.820. The van der Waals surface area contributed by atoms with E-state index in [-0.39, 0.29) is 5.43 Å². The largest absolute Gasteiger partial charge is 0.382 e. The molecule has 0 heterocycles. The lowest BCUT2D eigenvalue weighted by molar-refractivity contribution is 0.390. The molecule has 0 fully saturated rings. The van der Waals surface area contributed by atoms with Gasteiger partial charge in [0.25, 0.3) is 0 Å². The molecule has 1 aromatic rings. The summed E-state index contributed by atoms with van der Waals surface area (Å²) >= 11 is 5.03. The van der Waals surface area contributed by atoms with Crippen molar-refractivity contribution in [2.75, 3.05) is 30.9 Å². The summed E-state index contributed by atoms with van der Waals surface area (Å²) in [7, 11) is 3.72. The number of nitrogens with zero attached hydrogens (tertiary/aromatic N) is 1. The second-order valence-corrected chi connectivity index (χ2v) is 5.92. The van der Waals surface area contributed by atoms with E-state index >= 15 is 0 Å². The van der Waals surface area contributed by atoms with Gasteiger partial charge in [0, 0.05) is 20.6 Å². The molecule has 0 unspecified atom stereocenters. The normalized spacial score (nSPS) is 11.8. The Labute approximate surface area is 102 Å². The van der Waals surface area contributed by atoms with E-state index in [1.54, 1.807) is 0 Å². The Morgan fingerprint density at radius 2 is 1.88 bits per heavy atom. The van der Waals surface area contributed by atoms with E-state index < -0.39 is 0 Å². The molecule has 0 aromatic heterocycles. The van der Waals surface area contributed by atoms with E-state index in [1.807, 2.05) is 19.0 Å². The summed E-state index contributed by atoms with van der Waals surface area (Å²) in [5.41, 5.74) is 1.83. The molecular formula is C12H20N2OS. The van der Waals surface area contributed by atoms with E-state index in [0.717, 1.165) is 18.7 Å². The van der Waals surface area contributed by atoms with Crippen molar-refractivity contribution in [1.82, 2.24) is 0 Å². The fourth-order valence-electron chi connectivity index (χ4n) is 1.53. The summed E-state index contributed by atoms with van der Waals surface area (Å²) in [5.74, 6) is 0. The lowest BCUT2D eigenvalue weighted by atomic mass is 9.92. The summed E-state index contributed by atoms with van der Waals surface area (Å²) in [4.78, 5) is 13.3. The summed E-state index contributed by atoms with van der Waals surface area (Å²) in [6.45, 7) is 7.43. The van der Waals surface area contributed by atoms with Crippen LogP contribution in [0.2, 0.25) is 0 Å². The molecule has 0 saturated heterocycles. The van der Waals surface area contributed by atoms with Crippen LogP contribution in [0.4, 0.5) is 11.4 Å². The maximum absolute atomic E-state index is 11.5. The van der Waals surface area contributed by atoms with E-state index in [4.69, 9.17) is 12.2 Å². The van der Waals surface area contributed by atoms with Crippen LogP contribution in [0.1, 0.15) is 27.2 Å². The Morgan fingerprint density at radius 1 is 1.31 bits per heavy atom. The van der Waals surface area contributed by atoms with Crippen molar-refractivity contribution in [3.8, 4) is 0 Å². The minimum Gasteiger partial charge on any atom is -0.382 e. The van der Waals surface area contributed by atoms with Crippen molar-refractivity contribution in [3.63, 3.8) is 0 Å². The van der Waals surface area contributed by atoms with E-state index in [1.165, 1.54) is 0 Å². The van der Waals surface area contributed by atoms with Gasteiger partial charge in [-0.15, -0.1) is 0 Å². The van der Waals surface area contributed by atoms with Gasteiger partial charge in [-0.3, -0.25) is 4.79 Å². The maximum atomic E-state index is 11.5. The molecule has 0 aliphatic carbocycles. The molecule has 4 heteroatoms.